The van der Waals surface area contributed by atoms with Crippen LogP contribution < -0.4 is 0 Å². The highest BCUT2D eigenvalue weighted by Crippen LogP contribution is 2.22. The number of morpholine rings is 1. The monoisotopic (exact) mass is 268 g/mol. The molecule has 1 aliphatic rings. The molecular weight excluding hydrogens is 251 g/mol. The molecule has 2 rings (SSSR count). The van der Waals surface area contributed by atoms with Crippen LogP contribution >= 0.6 is 0 Å². The molecule has 19 heavy (non-hydrogen) atoms. The largest absolute Gasteiger partial charge is 0.394 e. The summed E-state index contributed by atoms with van der Waals surface area (Å²) in [5.41, 5.74) is -0.336. The van der Waals surface area contributed by atoms with Gasteiger partial charge in [0.2, 0.25) is 0 Å². The van der Waals surface area contributed by atoms with Gasteiger partial charge in [0, 0.05) is 13.1 Å². The highest BCUT2D eigenvalue weighted by atomic mass is 19.1. The van der Waals surface area contributed by atoms with E-state index >= 15 is 0 Å². The zero-order valence-electron chi connectivity index (χ0n) is 11.0. The van der Waals surface area contributed by atoms with Gasteiger partial charge in [-0.05, 0) is 26.0 Å². The van der Waals surface area contributed by atoms with E-state index in [1.807, 2.05) is 13.8 Å². The summed E-state index contributed by atoms with van der Waals surface area (Å²) in [7, 11) is 0. The first-order valence-corrected chi connectivity index (χ1v) is 6.11. The fourth-order valence-electron chi connectivity index (χ4n) is 2.21. The summed E-state index contributed by atoms with van der Waals surface area (Å²) < 4.78 is 18.4. The molecule has 0 saturated carbocycles. The van der Waals surface area contributed by atoms with Crippen molar-refractivity contribution in [3.63, 3.8) is 0 Å². The molecule has 1 N–H and O–H groups in total. The lowest BCUT2D eigenvalue weighted by atomic mass is 10.0. The Morgan fingerprint density at radius 3 is 2.95 bits per heavy atom. The first-order chi connectivity index (χ1) is 8.91. The van der Waals surface area contributed by atoms with Crippen LogP contribution in [-0.2, 0) is 4.74 Å². The molecule has 104 valence electrons. The van der Waals surface area contributed by atoms with Gasteiger partial charge in [0.05, 0.1) is 24.5 Å². The van der Waals surface area contributed by atoms with Crippen molar-refractivity contribution < 1.29 is 19.0 Å². The number of amides is 1. The third-order valence-corrected chi connectivity index (χ3v) is 2.92. The van der Waals surface area contributed by atoms with Crippen molar-refractivity contribution in [3.8, 4) is 0 Å². The number of carbonyl (C=O) groups is 1. The smallest absolute Gasteiger partial charge is 0.272 e. The minimum absolute atomic E-state index is 0.149. The van der Waals surface area contributed by atoms with E-state index in [4.69, 9.17) is 4.74 Å². The van der Waals surface area contributed by atoms with Crippen molar-refractivity contribution >= 4 is 5.91 Å². The summed E-state index contributed by atoms with van der Waals surface area (Å²) >= 11 is 0. The molecule has 6 heteroatoms. The van der Waals surface area contributed by atoms with Crippen molar-refractivity contribution in [1.82, 2.24) is 9.88 Å². The van der Waals surface area contributed by atoms with Gasteiger partial charge in [-0.15, -0.1) is 0 Å². The summed E-state index contributed by atoms with van der Waals surface area (Å²) in [5, 5.41) is 9.20. The third kappa shape index (κ3) is 3.27. The topological polar surface area (TPSA) is 62.7 Å². The molecule has 1 aromatic heterocycles. The molecule has 5 nitrogen and oxygen atoms in total. The number of halogens is 1. The molecule has 2 heterocycles. The van der Waals surface area contributed by atoms with Gasteiger partial charge in [-0.25, -0.2) is 9.37 Å². The van der Waals surface area contributed by atoms with Gasteiger partial charge < -0.3 is 14.7 Å². The van der Waals surface area contributed by atoms with Crippen LogP contribution in [0.3, 0.4) is 0 Å². The van der Waals surface area contributed by atoms with Gasteiger partial charge in [0.1, 0.15) is 11.5 Å². The van der Waals surface area contributed by atoms with E-state index in [0.29, 0.717) is 13.1 Å². The molecule has 0 aliphatic carbocycles. The lowest BCUT2D eigenvalue weighted by molar-refractivity contribution is -0.139. The van der Waals surface area contributed by atoms with Crippen LogP contribution in [-0.4, -0.2) is 52.3 Å². The van der Waals surface area contributed by atoms with E-state index in [0.717, 1.165) is 6.20 Å². The van der Waals surface area contributed by atoms with Crippen LogP contribution in [0.4, 0.5) is 4.39 Å². The SMILES string of the molecule is CC1(C)CN(C(=O)c2ccc(F)cn2)CC(CO)O1. The van der Waals surface area contributed by atoms with Crippen LogP contribution in [0.25, 0.3) is 0 Å². The second-order valence-electron chi connectivity index (χ2n) is 5.23. The Hall–Kier alpha value is -1.53. The predicted molar refractivity (Wildman–Crippen MR) is 66.1 cm³/mol. The van der Waals surface area contributed by atoms with E-state index in [1.54, 1.807) is 4.90 Å². The summed E-state index contributed by atoms with van der Waals surface area (Å²) in [6.45, 7) is 4.27. The standard InChI is InChI=1S/C13H17FN2O3/c1-13(2)8-16(6-10(7-17)19-13)12(18)11-4-3-9(14)5-15-11/h3-5,10,17H,6-8H2,1-2H3. The number of pyridine rings is 1. The number of carbonyl (C=O) groups excluding carboxylic acids is 1. The molecule has 0 bridgehead atoms. The van der Waals surface area contributed by atoms with Crippen LogP contribution in [0.2, 0.25) is 0 Å². The normalized spacial score (nSPS) is 22.3. The molecule has 1 atom stereocenters. The van der Waals surface area contributed by atoms with Gasteiger partial charge >= 0.3 is 0 Å². The van der Waals surface area contributed by atoms with E-state index in [2.05, 4.69) is 4.98 Å². The van der Waals surface area contributed by atoms with E-state index in [1.165, 1.54) is 12.1 Å². The van der Waals surface area contributed by atoms with Crippen molar-refractivity contribution in [1.29, 1.82) is 0 Å². The molecule has 1 aliphatic heterocycles. The number of nitrogens with zero attached hydrogens (tertiary/aromatic N) is 2. The molecule has 1 saturated heterocycles. The highest BCUT2D eigenvalue weighted by molar-refractivity contribution is 5.92. The Bertz CT molecular complexity index is 461. The summed E-state index contributed by atoms with van der Waals surface area (Å²) in [6.07, 6.45) is 0.607. The number of aromatic nitrogens is 1. The zero-order valence-corrected chi connectivity index (χ0v) is 11.0. The first-order valence-electron chi connectivity index (χ1n) is 6.11. The predicted octanol–water partition coefficient (Wildman–Crippen LogP) is 0.833. The number of aliphatic hydroxyl groups is 1. The lowest BCUT2D eigenvalue weighted by Crippen LogP contribution is -2.55. The van der Waals surface area contributed by atoms with Crippen LogP contribution in [0.5, 0.6) is 0 Å². The molecule has 1 aromatic rings. The van der Waals surface area contributed by atoms with Gasteiger partial charge in [0.15, 0.2) is 0 Å². The maximum atomic E-state index is 12.8. The number of hydrogen-bond donors (Lipinski definition) is 1. The quantitative estimate of drug-likeness (QED) is 0.863. The van der Waals surface area contributed by atoms with E-state index < -0.39 is 17.5 Å². The average molecular weight is 268 g/mol. The Kier molecular flexibility index (Phi) is 3.82. The molecule has 0 radical (unpaired) electrons. The molecule has 1 amide bonds. The highest BCUT2D eigenvalue weighted by Gasteiger charge is 2.35. The Labute approximate surface area is 111 Å². The van der Waals surface area contributed by atoms with Crippen molar-refractivity contribution in [2.75, 3.05) is 19.7 Å². The van der Waals surface area contributed by atoms with Gasteiger partial charge in [-0.1, -0.05) is 0 Å². The first kappa shape index (κ1) is 13.9. The number of hydrogen-bond acceptors (Lipinski definition) is 4. The Balaban J connectivity index is 2.16. The van der Waals surface area contributed by atoms with Crippen LogP contribution in [0, 0.1) is 5.82 Å². The van der Waals surface area contributed by atoms with Crippen molar-refractivity contribution in [3.05, 3.63) is 29.8 Å². The fourth-order valence-corrected chi connectivity index (χ4v) is 2.21. The minimum atomic E-state index is -0.526. The van der Waals surface area contributed by atoms with Gasteiger partial charge in [-0.2, -0.15) is 0 Å². The summed E-state index contributed by atoms with van der Waals surface area (Å²) in [5.74, 6) is -0.762. The maximum absolute atomic E-state index is 12.8. The van der Waals surface area contributed by atoms with E-state index in [9.17, 15) is 14.3 Å². The second kappa shape index (κ2) is 5.22. The maximum Gasteiger partial charge on any atom is 0.272 e. The van der Waals surface area contributed by atoms with Crippen LogP contribution in [0.15, 0.2) is 18.3 Å². The average Bonchev–Trinajstić information content (AvgIpc) is 2.37. The number of ether oxygens (including phenoxy) is 1. The van der Waals surface area contributed by atoms with Crippen LogP contribution in [0.1, 0.15) is 24.3 Å². The lowest BCUT2D eigenvalue weighted by Gasteiger charge is -2.42. The molecule has 1 fully saturated rings. The number of rotatable bonds is 2. The molecular formula is C13H17FN2O3. The Morgan fingerprint density at radius 2 is 2.37 bits per heavy atom. The molecule has 1 unspecified atom stereocenters. The summed E-state index contributed by atoms with van der Waals surface area (Å²) in [6, 6.07) is 2.56. The van der Waals surface area contributed by atoms with Crippen molar-refractivity contribution in [2.45, 2.75) is 25.6 Å². The second-order valence-corrected chi connectivity index (χ2v) is 5.23. The summed E-state index contributed by atoms with van der Waals surface area (Å²) in [4.78, 5) is 17.6. The van der Waals surface area contributed by atoms with Gasteiger partial charge in [0.25, 0.3) is 5.91 Å². The Morgan fingerprint density at radius 1 is 1.63 bits per heavy atom. The molecule has 0 spiro atoms. The minimum Gasteiger partial charge on any atom is -0.394 e. The van der Waals surface area contributed by atoms with Crippen molar-refractivity contribution in [2.24, 2.45) is 0 Å². The zero-order chi connectivity index (χ0) is 14.0. The molecule has 0 aromatic carbocycles. The van der Waals surface area contributed by atoms with E-state index in [-0.39, 0.29) is 18.2 Å². The fraction of sp³-hybridized carbons (Fsp3) is 0.538. The number of aliphatic hydroxyl groups excluding tert-OH is 1. The van der Waals surface area contributed by atoms with Gasteiger partial charge in [-0.3, -0.25) is 4.79 Å². The third-order valence-electron chi connectivity index (χ3n) is 2.92.